The number of nitro groups is 2. The Kier molecular flexibility index (Phi) is 17.7. The van der Waals surface area contributed by atoms with E-state index in [0.717, 1.165) is 0 Å². The van der Waals surface area contributed by atoms with E-state index in [-0.39, 0.29) is 57.5 Å². The summed E-state index contributed by atoms with van der Waals surface area (Å²) in [6.45, 7) is 0. The Morgan fingerprint density at radius 3 is 1.52 bits per heavy atom. The number of hydrogen-bond acceptors (Lipinski definition) is 14. The smallest absolute Gasteiger partial charge is 1.00 e. The molecular formula is C23H27FN15NaO4. The van der Waals surface area contributed by atoms with Gasteiger partial charge in [-0.05, 0) is 28.0 Å². The Labute approximate surface area is 272 Å². The van der Waals surface area contributed by atoms with Crippen LogP contribution in [0.2, 0.25) is 0 Å². The fourth-order valence-corrected chi connectivity index (χ4v) is 2.42. The number of rotatable bonds is 4. The molecule has 0 unspecified atom stereocenters. The third-order valence-corrected chi connectivity index (χ3v) is 4.10. The number of aromatic amines is 1. The van der Waals surface area contributed by atoms with Crippen molar-refractivity contribution in [1.82, 2.24) is 59.7 Å². The maximum Gasteiger partial charge on any atom is 1.00 e. The maximum atomic E-state index is 11.7. The van der Waals surface area contributed by atoms with E-state index in [4.69, 9.17) is 5.73 Å². The molecular weight excluding hydrogens is 592 g/mol. The summed E-state index contributed by atoms with van der Waals surface area (Å²) in [5.74, 6) is 0.986. The van der Waals surface area contributed by atoms with Gasteiger partial charge < -0.3 is 27.4 Å². The first-order valence-corrected chi connectivity index (χ1v) is 11.0. The van der Waals surface area contributed by atoms with Crippen LogP contribution in [-0.2, 0) is 0 Å². The van der Waals surface area contributed by atoms with Crippen LogP contribution in [0.25, 0.3) is 11.9 Å². The summed E-state index contributed by atoms with van der Waals surface area (Å²) in [6.07, 6.45) is 12.9. The van der Waals surface area contributed by atoms with E-state index in [2.05, 4.69) is 50.3 Å². The van der Waals surface area contributed by atoms with Crippen molar-refractivity contribution in [3.63, 3.8) is 0 Å². The van der Waals surface area contributed by atoms with Crippen molar-refractivity contribution in [2.45, 2.75) is 14.9 Å². The molecule has 3 N–H and O–H groups in total. The van der Waals surface area contributed by atoms with Crippen LogP contribution in [0.15, 0.2) is 92.2 Å². The average molecular weight is 620 g/mol. The zero-order chi connectivity index (χ0) is 29.5. The average Bonchev–Trinajstić information content (AvgIpc) is 3.78. The van der Waals surface area contributed by atoms with Gasteiger partial charge in [0, 0.05) is 49.4 Å². The van der Waals surface area contributed by atoms with Gasteiger partial charge in [-0.1, -0.05) is 20.0 Å². The third-order valence-electron chi connectivity index (χ3n) is 4.10. The molecule has 6 aromatic heterocycles. The van der Waals surface area contributed by atoms with E-state index in [1.165, 1.54) is 58.7 Å². The topological polar surface area (TPSA) is 254 Å². The second-order valence-corrected chi connectivity index (χ2v) is 6.88. The summed E-state index contributed by atoms with van der Waals surface area (Å²) in [5, 5.41) is 33.3. The molecule has 0 amide bonds. The van der Waals surface area contributed by atoms with Gasteiger partial charge in [0.05, 0.1) is 29.6 Å². The van der Waals surface area contributed by atoms with E-state index >= 15 is 0 Å². The van der Waals surface area contributed by atoms with Crippen LogP contribution in [0, 0.1) is 26.3 Å². The zero-order valence-electron chi connectivity index (χ0n) is 22.6. The van der Waals surface area contributed by atoms with Gasteiger partial charge in [0.15, 0.2) is 0 Å². The predicted molar refractivity (Wildman–Crippen MR) is 151 cm³/mol. The Hall–Kier alpha value is -5.60. The van der Waals surface area contributed by atoms with Crippen LogP contribution in [0.1, 0.15) is 16.3 Å². The first-order chi connectivity index (χ1) is 19.8. The largest absolute Gasteiger partial charge is 1.00 e. The van der Waals surface area contributed by atoms with Gasteiger partial charge in [-0.15, -0.1) is 14.9 Å². The second-order valence-electron chi connectivity index (χ2n) is 6.88. The van der Waals surface area contributed by atoms with Crippen molar-refractivity contribution in [1.29, 1.82) is 0 Å². The van der Waals surface area contributed by atoms with Gasteiger partial charge in [-0.3, -0.25) is 0 Å². The maximum absolute atomic E-state index is 11.7. The molecule has 0 radical (unpaired) electrons. The normalized spacial score (nSPS) is 8.93. The number of halogens is 1. The molecule has 0 saturated carbocycles. The fraction of sp³-hybridized carbons (Fsp3) is 0.0870. The van der Waals surface area contributed by atoms with Gasteiger partial charge in [0.1, 0.15) is 5.82 Å². The molecule has 0 atom stereocenters. The van der Waals surface area contributed by atoms with Crippen LogP contribution in [0.3, 0.4) is 0 Å². The van der Waals surface area contributed by atoms with Gasteiger partial charge in [-0.25, -0.2) is 34.6 Å². The Morgan fingerprint density at radius 1 is 0.727 bits per heavy atom. The first-order valence-electron chi connectivity index (χ1n) is 11.0. The molecule has 6 aromatic rings. The number of hydrogen-bond donors (Lipinski definition) is 2. The summed E-state index contributed by atoms with van der Waals surface area (Å²) in [5.41, 5.74) is 5.43. The summed E-state index contributed by atoms with van der Waals surface area (Å²) >= 11 is 0. The quantitative estimate of drug-likeness (QED) is 0.115. The summed E-state index contributed by atoms with van der Waals surface area (Å²) in [4.78, 5) is 41.2. The molecule has 0 aliphatic carbocycles. The molecule has 226 valence electrons. The molecule has 19 nitrogen and oxygen atoms in total. The minimum Gasteiger partial charge on any atom is -1.00 e. The SMILES string of the molecule is C.C.Fc1ncccn1.Nc1ccn(-c2ncccn2)n1.O=[N+]([O-])c1ccn(-c2ncccn2)n1.O=[N+]([O-])c1ccn[nH]1.[H-].[Na+]. The van der Waals surface area contributed by atoms with E-state index in [0.29, 0.717) is 17.7 Å². The van der Waals surface area contributed by atoms with Gasteiger partial charge in [0.25, 0.3) is 5.95 Å². The van der Waals surface area contributed by atoms with E-state index < -0.39 is 15.9 Å². The Morgan fingerprint density at radius 2 is 1.20 bits per heavy atom. The Balaban J connectivity index is 0. The minimum absolute atomic E-state index is 0. The van der Waals surface area contributed by atoms with Crippen molar-refractivity contribution < 1.29 is 45.2 Å². The van der Waals surface area contributed by atoms with Crippen molar-refractivity contribution in [3.8, 4) is 11.9 Å². The molecule has 0 bridgehead atoms. The van der Waals surface area contributed by atoms with Gasteiger partial charge in [-0.2, -0.15) is 4.39 Å². The number of anilines is 1. The molecule has 0 saturated heterocycles. The third kappa shape index (κ3) is 12.9. The zero-order valence-corrected chi connectivity index (χ0v) is 23.6. The van der Waals surface area contributed by atoms with E-state index in [9.17, 15) is 24.6 Å². The molecule has 0 aliphatic rings. The molecule has 0 aromatic carbocycles. The molecule has 44 heavy (non-hydrogen) atoms. The molecule has 0 fully saturated rings. The monoisotopic (exact) mass is 619 g/mol. The molecule has 0 spiro atoms. The van der Waals surface area contributed by atoms with Gasteiger partial charge in [0.2, 0.25) is 5.95 Å². The molecule has 0 aliphatic heterocycles. The molecule has 6 heterocycles. The summed E-state index contributed by atoms with van der Waals surface area (Å²) in [7, 11) is 0. The first kappa shape index (κ1) is 38.4. The number of nitrogen functional groups attached to an aromatic ring is 1. The summed E-state index contributed by atoms with van der Waals surface area (Å²) in [6, 6.07) is 9.23. The standard InChI is InChI=1S/C7H5N5O2.C7H7N5.C4H3FN2.C3H3N3O2.2CH4.Na.H/c13-12(14)6-2-5-11(10-6)7-8-3-1-4-9-7;8-6-2-5-12(11-6)7-9-3-1-4-10-7;5-4-6-2-1-3-7-4;7-6(8)3-1-2-4-5-3;;;;/h1-5H;1-5H,(H2,8,11);1-3H;1-2H,(H,4,5);2*1H4;;/q;;;;;;+1;-1. The van der Waals surface area contributed by atoms with Crippen LogP contribution < -0.4 is 35.3 Å². The fourth-order valence-electron chi connectivity index (χ4n) is 2.42. The second kappa shape index (κ2) is 20.3. The van der Waals surface area contributed by atoms with Crippen molar-refractivity contribution in [3.05, 3.63) is 118 Å². The van der Waals surface area contributed by atoms with Crippen LogP contribution in [0.4, 0.5) is 21.8 Å². The van der Waals surface area contributed by atoms with Crippen molar-refractivity contribution >= 4 is 17.5 Å². The van der Waals surface area contributed by atoms with E-state index in [1.54, 1.807) is 42.9 Å². The van der Waals surface area contributed by atoms with Crippen LogP contribution >= 0.6 is 0 Å². The van der Waals surface area contributed by atoms with Crippen LogP contribution in [-0.4, -0.2) is 69.5 Å². The molecule has 21 heteroatoms. The minimum atomic E-state index is -0.678. The number of aromatic nitrogens is 12. The number of nitrogens with two attached hydrogens (primary N) is 1. The van der Waals surface area contributed by atoms with Crippen molar-refractivity contribution in [2.75, 3.05) is 5.73 Å². The van der Waals surface area contributed by atoms with Crippen molar-refractivity contribution in [2.24, 2.45) is 0 Å². The predicted octanol–water partition coefficient (Wildman–Crippen LogP) is 0.137. The number of nitrogens with zero attached hydrogens (tertiary/aromatic N) is 13. The van der Waals surface area contributed by atoms with E-state index in [1.807, 2.05) is 0 Å². The molecule has 6 rings (SSSR count). The number of H-pyrrole nitrogens is 1. The van der Waals surface area contributed by atoms with Crippen LogP contribution in [0.5, 0.6) is 0 Å². The Bertz CT molecular complexity index is 1630. The van der Waals surface area contributed by atoms with Gasteiger partial charge >= 0.3 is 47.3 Å². The summed E-state index contributed by atoms with van der Waals surface area (Å²) < 4.78 is 14.5. The number of nitrogens with one attached hydrogen (secondary N) is 1.